The van der Waals surface area contributed by atoms with Crippen LogP contribution in [0, 0.1) is 23.1 Å². The van der Waals surface area contributed by atoms with Crippen LogP contribution in [0.25, 0.3) is 32.9 Å². The number of hydrogen-bond acceptors (Lipinski definition) is 8. The molecule has 0 spiro atoms. The Balaban J connectivity index is 1.36. The number of ether oxygens (including phenoxy) is 2. The van der Waals surface area contributed by atoms with Gasteiger partial charge in [-0.05, 0) is 88.0 Å². The Kier molecular flexibility index (Phi) is 11.8. The molecule has 3 fully saturated rings. The van der Waals surface area contributed by atoms with Gasteiger partial charge in [0.2, 0.25) is 0 Å². The fraction of sp³-hybridized carbons (Fsp3) is 0.542. The van der Waals surface area contributed by atoms with Crippen LogP contribution >= 0.6 is 0 Å². The van der Waals surface area contributed by atoms with Crippen molar-refractivity contribution in [1.29, 1.82) is 0 Å². The van der Waals surface area contributed by atoms with E-state index >= 15 is 8.78 Å². The SMILES string of the molecule is C=C1CN2CCC[C@@]2(COc2nc(N(C)[C@@H]3CCN(C(=O)OC(C)(C)C)[C@@H]3C)c3cnc(-c4cccc5ccc(F)c(C#C[Si](C(C)C)(C(C)C)C(C)C)c45)c(F)c3n2)C1. The molecule has 5 heterocycles. The largest absolute Gasteiger partial charge is 0.461 e. The van der Waals surface area contributed by atoms with Crippen LogP contribution in [0.5, 0.6) is 6.01 Å². The van der Waals surface area contributed by atoms with Gasteiger partial charge in [-0.3, -0.25) is 9.88 Å². The molecule has 2 aromatic heterocycles. The molecule has 320 valence electrons. The van der Waals surface area contributed by atoms with Gasteiger partial charge in [0.25, 0.3) is 0 Å². The molecule has 1 amide bonds. The molecule has 0 radical (unpaired) electrons. The minimum absolute atomic E-state index is 0.0399. The van der Waals surface area contributed by atoms with E-state index in [-0.39, 0.29) is 46.5 Å². The van der Waals surface area contributed by atoms with Crippen molar-refractivity contribution in [2.45, 2.75) is 135 Å². The lowest BCUT2D eigenvalue weighted by Gasteiger charge is -2.38. The number of carbonyl (C=O) groups excluding carboxylic acids is 1. The number of likely N-dealkylation sites (N-methyl/N-ethyl adjacent to an activating group) is 1. The molecule has 0 aliphatic carbocycles. The molecule has 4 aromatic rings. The van der Waals surface area contributed by atoms with E-state index in [1.54, 1.807) is 23.2 Å². The Morgan fingerprint density at radius 3 is 2.47 bits per heavy atom. The molecule has 0 saturated carbocycles. The number of fused-ring (bicyclic) bond motifs is 3. The van der Waals surface area contributed by atoms with Crippen molar-refractivity contribution in [1.82, 2.24) is 24.8 Å². The molecule has 3 saturated heterocycles. The summed E-state index contributed by atoms with van der Waals surface area (Å²) in [4.78, 5) is 33.9. The first-order chi connectivity index (χ1) is 28.3. The number of hydrogen-bond donors (Lipinski definition) is 0. The fourth-order valence-corrected chi connectivity index (χ4v) is 15.8. The Bertz CT molecular complexity index is 2360. The summed E-state index contributed by atoms with van der Waals surface area (Å²) >= 11 is 0. The second-order valence-corrected chi connectivity index (χ2v) is 24.9. The number of likely N-dealkylation sites (tertiary alicyclic amines) is 1. The van der Waals surface area contributed by atoms with Gasteiger partial charge in [-0.25, -0.2) is 13.6 Å². The number of benzene rings is 2. The molecule has 12 heteroatoms. The maximum atomic E-state index is 17.6. The first-order valence-electron chi connectivity index (χ1n) is 21.7. The van der Waals surface area contributed by atoms with Crippen LogP contribution in [0.1, 0.15) is 100 Å². The average Bonchev–Trinajstić information content (AvgIpc) is 3.84. The second kappa shape index (κ2) is 16.3. The van der Waals surface area contributed by atoms with E-state index in [4.69, 9.17) is 24.4 Å². The highest BCUT2D eigenvalue weighted by molar-refractivity contribution is 6.90. The minimum Gasteiger partial charge on any atom is -0.461 e. The van der Waals surface area contributed by atoms with Crippen molar-refractivity contribution in [2.75, 3.05) is 38.2 Å². The summed E-state index contributed by atoms with van der Waals surface area (Å²) in [6, 6.07) is 8.32. The Morgan fingerprint density at radius 2 is 1.78 bits per heavy atom. The van der Waals surface area contributed by atoms with E-state index in [0.29, 0.717) is 58.3 Å². The number of rotatable bonds is 9. The predicted molar refractivity (Wildman–Crippen MR) is 240 cm³/mol. The van der Waals surface area contributed by atoms with Gasteiger partial charge in [0, 0.05) is 37.3 Å². The molecule has 3 aliphatic heterocycles. The van der Waals surface area contributed by atoms with E-state index in [1.807, 2.05) is 51.8 Å². The van der Waals surface area contributed by atoms with Gasteiger partial charge in [0.05, 0.1) is 28.6 Å². The zero-order chi connectivity index (χ0) is 43.5. The lowest BCUT2D eigenvalue weighted by Crippen LogP contribution is -2.45. The fourth-order valence-electron chi connectivity index (χ4n) is 10.6. The third-order valence-corrected chi connectivity index (χ3v) is 19.8. The van der Waals surface area contributed by atoms with Gasteiger partial charge in [-0.1, -0.05) is 83.9 Å². The average molecular weight is 837 g/mol. The van der Waals surface area contributed by atoms with Crippen molar-refractivity contribution in [2.24, 2.45) is 0 Å². The lowest BCUT2D eigenvalue weighted by atomic mass is 9.94. The van der Waals surface area contributed by atoms with Gasteiger partial charge in [-0.2, -0.15) is 9.97 Å². The van der Waals surface area contributed by atoms with Crippen LogP contribution in [-0.2, 0) is 4.74 Å². The molecule has 0 N–H and O–H groups in total. The maximum absolute atomic E-state index is 17.6. The first kappa shape index (κ1) is 43.5. The van der Waals surface area contributed by atoms with Gasteiger partial charge in [0.15, 0.2) is 5.82 Å². The van der Waals surface area contributed by atoms with Crippen LogP contribution in [0.15, 0.2) is 48.7 Å². The van der Waals surface area contributed by atoms with E-state index in [1.165, 1.54) is 11.6 Å². The summed E-state index contributed by atoms with van der Waals surface area (Å²) in [5, 5.41) is 1.65. The first-order valence-corrected chi connectivity index (χ1v) is 23.9. The molecule has 60 heavy (non-hydrogen) atoms. The highest BCUT2D eigenvalue weighted by Crippen LogP contribution is 2.43. The number of pyridine rings is 1. The van der Waals surface area contributed by atoms with Crippen LogP contribution in [0.4, 0.5) is 19.4 Å². The van der Waals surface area contributed by atoms with Gasteiger partial charge >= 0.3 is 12.1 Å². The van der Waals surface area contributed by atoms with Crippen LogP contribution in [0.3, 0.4) is 0 Å². The summed E-state index contributed by atoms with van der Waals surface area (Å²) in [6.07, 6.45) is 4.73. The molecular weight excluding hydrogens is 775 g/mol. The number of carbonyl (C=O) groups is 1. The van der Waals surface area contributed by atoms with Crippen LogP contribution in [-0.4, -0.2) is 95.4 Å². The zero-order valence-corrected chi connectivity index (χ0v) is 38.4. The summed E-state index contributed by atoms with van der Waals surface area (Å²) in [5.41, 5.74) is 5.83. The van der Waals surface area contributed by atoms with E-state index in [0.717, 1.165) is 37.7 Å². The van der Waals surface area contributed by atoms with Crippen molar-refractivity contribution in [3.05, 3.63) is 65.9 Å². The van der Waals surface area contributed by atoms with Crippen molar-refractivity contribution >= 4 is 41.7 Å². The summed E-state index contributed by atoms with van der Waals surface area (Å²) < 4.78 is 45.9. The summed E-state index contributed by atoms with van der Waals surface area (Å²) in [6.45, 7) is 27.8. The number of anilines is 1. The molecule has 9 nitrogen and oxygen atoms in total. The molecule has 2 aromatic carbocycles. The zero-order valence-electron chi connectivity index (χ0n) is 37.4. The van der Waals surface area contributed by atoms with Gasteiger partial charge in [-0.15, -0.1) is 5.54 Å². The van der Waals surface area contributed by atoms with Gasteiger partial charge in [0.1, 0.15) is 43.1 Å². The predicted octanol–water partition coefficient (Wildman–Crippen LogP) is 10.7. The van der Waals surface area contributed by atoms with Crippen molar-refractivity contribution < 1.29 is 23.0 Å². The second-order valence-electron chi connectivity index (χ2n) is 19.3. The molecule has 3 atom stereocenters. The third-order valence-electron chi connectivity index (χ3n) is 13.5. The highest BCUT2D eigenvalue weighted by Gasteiger charge is 2.47. The Morgan fingerprint density at radius 1 is 1.07 bits per heavy atom. The highest BCUT2D eigenvalue weighted by atomic mass is 28.3. The van der Waals surface area contributed by atoms with Crippen molar-refractivity contribution in [3.63, 3.8) is 0 Å². The molecule has 3 aliphatic rings. The molecular formula is C48H62F2N6O3Si. The quantitative estimate of drug-likeness (QED) is 0.0936. The lowest BCUT2D eigenvalue weighted by molar-refractivity contribution is 0.0233. The normalized spacial score (nSPS) is 21.1. The Hall–Kier alpha value is -4.60. The monoisotopic (exact) mass is 836 g/mol. The smallest absolute Gasteiger partial charge is 0.410 e. The number of amides is 1. The summed E-state index contributed by atoms with van der Waals surface area (Å²) in [5.74, 6) is 2.68. The van der Waals surface area contributed by atoms with E-state index in [2.05, 4.69) is 64.5 Å². The maximum Gasteiger partial charge on any atom is 0.410 e. The van der Waals surface area contributed by atoms with E-state index < -0.39 is 25.3 Å². The van der Waals surface area contributed by atoms with Crippen LogP contribution in [0.2, 0.25) is 16.6 Å². The third kappa shape index (κ3) is 7.77. The minimum atomic E-state index is -2.25. The molecule has 7 rings (SSSR count). The number of halogens is 2. The van der Waals surface area contributed by atoms with Crippen LogP contribution < -0.4 is 9.64 Å². The van der Waals surface area contributed by atoms with Crippen molar-refractivity contribution in [3.8, 4) is 28.7 Å². The molecule has 0 unspecified atom stereocenters. The number of nitrogens with zero attached hydrogens (tertiary/aromatic N) is 6. The number of aromatic nitrogens is 3. The molecule has 0 bridgehead atoms. The van der Waals surface area contributed by atoms with E-state index in [9.17, 15) is 4.79 Å². The Labute approximate surface area is 355 Å². The topological polar surface area (TPSA) is 83.9 Å². The van der Waals surface area contributed by atoms with Gasteiger partial charge < -0.3 is 19.3 Å². The summed E-state index contributed by atoms with van der Waals surface area (Å²) in [7, 11) is -0.340. The standard InChI is InChI=1S/C48H62F2N6O3Si/c1-29(2)60(30(3)4,31(5)6)24-20-35-38(49)18-17-34-15-13-16-36(40(34)35)42-41(50)43-37(26-51-42)44(54(12)39-19-23-56(33(39)8)46(57)59-47(9,10)11)53-45(52-43)58-28-48-21-14-22-55(48)27-32(7)25-48/h13,15-18,26,29-31,33,39H,7,14,19,21-23,25,27-28H2,1-6,8-12H3/t33-,39-,48+/m1/s1.